The first-order valence-electron chi connectivity index (χ1n) is 20.1. The quantitative estimate of drug-likeness (QED) is 0.165. The third-order valence-corrected chi connectivity index (χ3v) is 13.1. The molecule has 1 aliphatic rings. The first kappa shape index (κ1) is 33.0. The first-order valence-corrected chi connectivity index (χ1v) is 20.9. The van der Waals surface area contributed by atoms with Gasteiger partial charge in [0.1, 0.15) is 0 Å². The van der Waals surface area contributed by atoms with E-state index < -0.39 is 0 Å². The number of thiophene rings is 1. The van der Waals surface area contributed by atoms with E-state index in [-0.39, 0.29) is 0 Å². The lowest BCUT2D eigenvalue weighted by atomic mass is 9.98. The molecular formula is C54H37N3S. The van der Waals surface area contributed by atoms with Crippen molar-refractivity contribution < 1.29 is 0 Å². The van der Waals surface area contributed by atoms with Crippen LogP contribution in [0.5, 0.6) is 0 Å². The number of benzene rings is 8. The van der Waals surface area contributed by atoms with Crippen molar-refractivity contribution in [1.29, 1.82) is 0 Å². The molecule has 0 spiro atoms. The Balaban J connectivity index is 1.19. The molecule has 3 aromatic heterocycles. The molecule has 1 aliphatic carbocycles. The van der Waals surface area contributed by atoms with Crippen molar-refractivity contribution in [3.63, 3.8) is 0 Å². The Morgan fingerprint density at radius 3 is 1.91 bits per heavy atom. The molecule has 3 nitrogen and oxygen atoms in total. The molecule has 0 fully saturated rings. The van der Waals surface area contributed by atoms with Gasteiger partial charge in [0.05, 0.1) is 27.8 Å². The van der Waals surface area contributed by atoms with Gasteiger partial charge in [0, 0.05) is 64.5 Å². The molecule has 11 aromatic rings. The standard InChI is InChI=1S/C54H37N3S/c1-4-16-38(17-5-1)55(39-18-6-2-7-19-39)51-34-37(36-28-30-44-42-22-10-13-25-48(42)56(50(44)33-36)40-20-8-3-9-21-40)32-47-43-23-11-14-26-49(43)57(54(47)51)41-29-31-53-46(35-41)45-24-12-15-27-52(45)58-53/h1-6,8-18,20-35H,7,19H2. The summed E-state index contributed by atoms with van der Waals surface area (Å²) in [5, 5.41) is 7.58. The van der Waals surface area contributed by atoms with Gasteiger partial charge in [-0.2, -0.15) is 0 Å². The Morgan fingerprint density at radius 2 is 1.12 bits per heavy atom. The highest BCUT2D eigenvalue weighted by Gasteiger charge is 2.25. The predicted octanol–water partition coefficient (Wildman–Crippen LogP) is 15.3. The van der Waals surface area contributed by atoms with Crippen LogP contribution < -0.4 is 4.90 Å². The lowest BCUT2D eigenvalue weighted by Crippen LogP contribution is -2.18. The van der Waals surface area contributed by atoms with Crippen molar-refractivity contribution in [3.05, 3.63) is 206 Å². The SMILES string of the molecule is C1=CCCC(N(c2ccccc2)c2cc(-c3ccc4c5ccccc5n(-c5ccccc5)c4c3)cc3c4ccccc4n(-c4ccc5sc6ccccc6c5c4)c23)=C1. The van der Waals surface area contributed by atoms with Crippen LogP contribution in [0.25, 0.3) is 86.3 Å². The van der Waals surface area contributed by atoms with Crippen molar-refractivity contribution in [1.82, 2.24) is 9.13 Å². The maximum absolute atomic E-state index is 2.52. The Morgan fingerprint density at radius 1 is 0.448 bits per heavy atom. The summed E-state index contributed by atoms with van der Waals surface area (Å²) in [4.78, 5) is 2.52. The van der Waals surface area contributed by atoms with E-state index in [4.69, 9.17) is 0 Å². The molecule has 0 unspecified atom stereocenters. The maximum Gasteiger partial charge on any atom is 0.0782 e. The summed E-state index contributed by atoms with van der Waals surface area (Å²) in [7, 11) is 0. The molecule has 58 heavy (non-hydrogen) atoms. The van der Waals surface area contributed by atoms with Gasteiger partial charge in [-0.1, -0.05) is 115 Å². The highest BCUT2D eigenvalue weighted by atomic mass is 32.1. The molecule has 0 N–H and O–H groups in total. The van der Waals surface area contributed by atoms with Gasteiger partial charge in [0.2, 0.25) is 0 Å². The summed E-state index contributed by atoms with van der Waals surface area (Å²) in [5.41, 5.74) is 13.1. The Labute approximate surface area is 340 Å². The molecule has 274 valence electrons. The van der Waals surface area contributed by atoms with E-state index in [1.807, 2.05) is 11.3 Å². The van der Waals surface area contributed by atoms with Crippen molar-refractivity contribution in [3.8, 4) is 22.5 Å². The number of para-hydroxylation sites is 4. The molecule has 0 radical (unpaired) electrons. The molecular weight excluding hydrogens is 723 g/mol. The number of hydrogen-bond acceptors (Lipinski definition) is 2. The molecule has 12 rings (SSSR count). The number of fused-ring (bicyclic) bond motifs is 9. The van der Waals surface area contributed by atoms with Crippen LogP contribution in [0, 0.1) is 0 Å². The van der Waals surface area contributed by atoms with E-state index in [0.717, 1.165) is 35.6 Å². The van der Waals surface area contributed by atoms with Crippen LogP contribution in [0.4, 0.5) is 11.4 Å². The van der Waals surface area contributed by atoms with Crippen LogP contribution in [0.3, 0.4) is 0 Å². The monoisotopic (exact) mass is 759 g/mol. The summed E-state index contributed by atoms with van der Waals surface area (Å²) in [6.07, 6.45) is 8.75. The van der Waals surface area contributed by atoms with Crippen LogP contribution >= 0.6 is 11.3 Å². The van der Waals surface area contributed by atoms with E-state index in [1.54, 1.807) is 0 Å². The molecule has 0 aliphatic heterocycles. The van der Waals surface area contributed by atoms with Crippen LogP contribution in [-0.4, -0.2) is 9.13 Å². The normalized spacial score (nSPS) is 13.1. The first-order chi connectivity index (χ1) is 28.8. The van der Waals surface area contributed by atoms with Crippen LogP contribution in [-0.2, 0) is 0 Å². The third kappa shape index (κ3) is 5.12. The maximum atomic E-state index is 2.52. The van der Waals surface area contributed by atoms with E-state index >= 15 is 0 Å². The van der Waals surface area contributed by atoms with Gasteiger partial charge in [0.15, 0.2) is 0 Å². The van der Waals surface area contributed by atoms with Gasteiger partial charge in [-0.25, -0.2) is 0 Å². The van der Waals surface area contributed by atoms with E-state index in [9.17, 15) is 0 Å². The molecule has 0 bridgehead atoms. The van der Waals surface area contributed by atoms with Crippen molar-refractivity contribution in [2.45, 2.75) is 12.8 Å². The molecule has 0 saturated carbocycles. The highest BCUT2D eigenvalue weighted by molar-refractivity contribution is 7.25. The summed E-state index contributed by atoms with van der Waals surface area (Å²) >= 11 is 1.87. The fraction of sp³-hybridized carbons (Fsp3) is 0.0370. The number of allylic oxidation sites excluding steroid dienone is 4. The van der Waals surface area contributed by atoms with Crippen LogP contribution in [0.15, 0.2) is 206 Å². The summed E-state index contributed by atoms with van der Waals surface area (Å²) < 4.78 is 7.56. The Kier molecular flexibility index (Phi) is 7.54. The van der Waals surface area contributed by atoms with Crippen LogP contribution in [0.1, 0.15) is 12.8 Å². The molecule has 0 amide bonds. The largest absolute Gasteiger partial charge is 0.312 e. The summed E-state index contributed by atoms with van der Waals surface area (Å²) in [6.45, 7) is 0. The van der Waals surface area contributed by atoms with E-state index in [1.165, 1.54) is 80.6 Å². The Bertz CT molecular complexity index is 3450. The fourth-order valence-corrected chi connectivity index (χ4v) is 10.4. The van der Waals surface area contributed by atoms with Crippen molar-refractivity contribution >= 4 is 86.5 Å². The molecule has 4 heteroatoms. The van der Waals surface area contributed by atoms with Gasteiger partial charge in [-0.15, -0.1) is 11.3 Å². The smallest absolute Gasteiger partial charge is 0.0782 e. The third-order valence-electron chi connectivity index (χ3n) is 11.9. The zero-order chi connectivity index (χ0) is 38.2. The molecule has 0 atom stereocenters. The van der Waals surface area contributed by atoms with Crippen molar-refractivity contribution in [2.24, 2.45) is 0 Å². The van der Waals surface area contributed by atoms with Crippen molar-refractivity contribution in [2.75, 3.05) is 4.90 Å². The molecule has 0 saturated heterocycles. The zero-order valence-corrected chi connectivity index (χ0v) is 32.5. The molecule has 8 aromatic carbocycles. The van der Waals surface area contributed by atoms with Gasteiger partial charge >= 0.3 is 0 Å². The average Bonchev–Trinajstić information content (AvgIpc) is 3.95. The second-order valence-electron chi connectivity index (χ2n) is 15.2. The van der Waals surface area contributed by atoms with E-state index in [2.05, 4.69) is 214 Å². The molecule has 3 heterocycles. The Hall–Kier alpha value is -7.14. The van der Waals surface area contributed by atoms with Crippen LogP contribution in [0.2, 0.25) is 0 Å². The number of rotatable bonds is 6. The topological polar surface area (TPSA) is 13.1 Å². The minimum atomic E-state index is 0.952. The highest BCUT2D eigenvalue weighted by Crippen LogP contribution is 2.46. The second-order valence-corrected chi connectivity index (χ2v) is 16.3. The average molecular weight is 760 g/mol. The summed E-state index contributed by atoms with van der Waals surface area (Å²) in [5.74, 6) is 0. The summed E-state index contributed by atoms with van der Waals surface area (Å²) in [6, 6.07) is 67.1. The van der Waals surface area contributed by atoms with Gasteiger partial charge in [-0.05, 0) is 109 Å². The predicted molar refractivity (Wildman–Crippen MR) is 248 cm³/mol. The van der Waals surface area contributed by atoms with E-state index in [0.29, 0.717) is 0 Å². The lowest BCUT2D eigenvalue weighted by Gasteiger charge is -2.30. The number of anilines is 2. The lowest BCUT2D eigenvalue weighted by molar-refractivity contribution is 0.918. The number of hydrogen-bond donors (Lipinski definition) is 0. The number of aromatic nitrogens is 2. The van der Waals surface area contributed by atoms with Gasteiger partial charge in [-0.3, -0.25) is 0 Å². The zero-order valence-electron chi connectivity index (χ0n) is 31.7. The minimum Gasteiger partial charge on any atom is -0.312 e. The minimum absolute atomic E-state index is 0.952. The fourth-order valence-electron chi connectivity index (χ4n) is 9.35. The van der Waals surface area contributed by atoms with Gasteiger partial charge in [0.25, 0.3) is 0 Å². The second kappa shape index (κ2) is 13.2. The van der Waals surface area contributed by atoms with Gasteiger partial charge < -0.3 is 14.0 Å². The number of nitrogens with zero attached hydrogens (tertiary/aromatic N) is 3.